The molecule has 5 rings (SSSR count). The van der Waals surface area contributed by atoms with Gasteiger partial charge in [-0.05, 0) is 37.6 Å². The van der Waals surface area contributed by atoms with Crippen molar-refractivity contribution in [1.29, 1.82) is 0 Å². The lowest BCUT2D eigenvalue weighted by Crippen LogP contribution is -2.32. The molecule has 1 N–H and O–H groups in total. The number of aromatic nitrogens is 1. The zero-order chi connectivity index (χ0) is 21.8. The predicted octanol–water partition coefficient (Wildman–Crippen LogP) is 3.37. The van der Waals surface area contributed by atoms with E-state index in [1.807, 2.05) is 0 Å². The zero-order valence-corrected chi connectivity index (χ0v) is 16.7. The Morgan fingerprint density at radius 3 is 2.97 bits per heavy atom. The molecule has 7 nitrogen and oxygen atoms in total. The number of rotatable bonds is 5. The SMILES string of the molecule is Cc1oc2ccc(OCc3cccnc3C(F)F)cc2c1C(=O)N1CC12CCNC2=O. The summed E-state index contributed by atoms with van der Waals surface area (Å²) in [4.78, 5) is 30.6. The van der Waals surface area contributed by atoms with Crippen LogP contribution in [0.25, 0.3) is 11.0 Å². The van der Waals surface area contributed by atoms with Gasteiger partial charge in [-0.3, -0.25) is 14.6 Å². The van der Waals surface area contributed by atoms with Gasteiger partial charge in [-0.2, -0.15) is 0 Å². The van der Waals surface area contributed by atoms with E-state index in [4.69, 9.17) is 9.15 Å². The molecule has 2 aromatic heterocycles. The van der Waals surface area contributed by atoms with Crippen LogP contribution in [0.15, 0.2) is 40.9 Å². The van der Waals surface area contributed by atoms with Crippen LogP contribution < -0.4 is 10.1 Å². The number of nitrogens with one attached hydrogen (secondary N) is 1. The number of nitrogens with zero attached hydrogens (tertiary/aromatic N) is 2. The standard InChI is InChI=1S/C22H19F2N3O4/c1-12-17(20(28)27-11-22(27)6-8-26-21(22)29)15-9-14(4-5-16(15)31-12)30-10-13-3-2-7-25-18(13)19(23)24/h2-5,7,9,19H,6,8,10-11H2,1H3,(H,26,29). The van der Waals surface area contributed by atoms with Crippen molar-refractivity contribution >= 4 is 22.8 Å². The predicted molar refractivity (Wildman–Crippen MR) is 106 cm³/mol. The molecule has 2 fully saturated rings. The van der Waals surface area contributed by atoms with Crippen molar-refractivity contribution in [2.45, 2.75) is 31.9 Å². The normalized spacial score (nSPS) is 20.0. The molecule has 3 aromatic rings. The number of fused-ring (bicyclic) bond motifs is 1. The van der Waals surface area contributed by atoms with Crippen LogP contribution >= 0.6 is 0 Å². The van der Waals surface area contributed by atoms with Gasteiger partial charge in [-0.25, -0.2) is 8.78 Å². The van der Waals surface area contributed by atoms with Gasteiger partial charge in [0.05, 0.1) is 12.1 Å². The highest BCUT2D eigenvalue weighted by atomic mass is 19.3. The van der Waals surface area contributed by atoms with Crippen LogP contribution in [0.4, 0.5) is 8.78 Å². The summed E-state index contributed by atoms with van der Waals surface area (Å²) in [6.07, 6.45) is -0.790. The number of furan rings is 1. The third kappa shape index (κ3) is 3.11. The molecule has 4 heterocycles. The topological polar surface area (TPSA) is 84.4 Å². The van der Waals surface area contributed by atoms with Crippen LogP contribution in [-0.2, 0) is 11.4 Å². The van der Waals surface area contributed by atoms with Gasteiger partial charge < -0.3 is 19.4 Å². The van der Waals surface area contributed by atoms with Gasteiger partial charge in [0.15, 0.2) is 0 Å². The zero-order valence-electron chi connectivity index (χ0n) is 16.7. The lowest BCUT2D eigenvalue weighted by Gasteiger charge is -2.10. The Hall–Kier alpha value is -3.49. The number of hydrogen-bond donors (Lipinski definition) is 1. The molecule has 2 aliphatic rings. The molecule has 0 bridgehead atoms. The van der Waals surface area contributed by atoms with E-state index in [2.05, 4.69) is 10.3 Å². The molecule has 2 saturated heterocycles. The fourth-order valence-corrected chi connectivity index (χ4v) is 4.18. The average molecular weight is 427 g/mol. The molecule has 1 atom stereocenters. The Morgan fingerprint density at radius 1 is 1.39 bits per heavy atom. The van der Waals surface area contributed by atoms with Crippen LogP contribution in [0, 0.1) is 6.92 Å². The number of amides is 2. The number of halogens is 2. The second-order valence-electron chi connectivity index (χ2n) is 7.76. The Balaban J connectivity index is 1.42. The minimum Gasteiger partial charge on any atom is -0.489 e. The van der Waals surface area contributed by atoms with E-state index in [0.29, 0.717) is 47.6 Å². The maximum atomic E-state index is 13.2. The second-order valence-corrected chi connectivity index (χ2v) is 7.76. The molecular weight excluding hydrogens is 408 g/mol. The smallest absolute Gasteiger partial charge is 0.280 e. The molecule has 2 amide bonds. The lowest BCUT2D eigenvalue weighted by molar-refractivity contribution is -0.121. The van der Waals surface area contributed by atoms with E-state index in [-0.39, 0.29) is 29.7 Å². The first-order valence-electron chi connectivity index (χ1n) is 9.89. The molecule has 0 saturated carbocycles. The number of carbonyl (C=O) groups is 2. The van der Waals surface area contributed by atoms with Gasteiger partial charge in [0.25, 0.3) is 12.3 Å². The van der Waals surface area contributed by atoms with Gasteiger partial charge in [-0.15, -0.1) is 0 Å². The van der Waals surface area contributed by atoms with Crippen molar-refractivity contribution < 1.29 is 27.5 Å². The minimum atomic E-state index is -2.70. The van der Waals surface area contributed by atoms with Crippen LogP contribution in [-0.4, -0.2) is 40.3 Å². The first kappa shape index (κ1) is 19.5. The number of hydrogen-bond acceptors (Lipinski definition) is 5. The van der Waals surface area contributed by atoms with Crippen LogP contribution in [0.3, 0.4) is 0 Å². The van der Waals surface area contributed by atoms with Crippen molar-refractivity contribution in [1.82, 2.24) is 15.2 Å². The molecule has 160 valence electrons. The molecule has 1 spiro atoms. The monoisotopic (exact) mass is 427 g/mol. The maximum absolute atomic E-state index is 13.2. The molecule has 1 unspecified atom stereocenters. The highest BCUT2D eigenvalue weighted by Crippen LogP contribution is 2.42. The largest absolute Gasteiger partial charge is 0.489 e. The van der Waals surface area contributed by atoms with Crippen LogP contribution in [0.5, 0.6) is 5.75 Å². The van der Waals surface area contributed by atoms with Gasteiger partial charge in [0, 0.05) is 23.7 Å². The summed E-state index contributed by atoms with van der Waals surface area (Å²) in [5.41, 5.74) is 0.116. The fraction of sp³-hybridized carbons (Fsp3) is 0.318. The van der Waals surface area contributed by atoms with E-state index in [0.717, 1.165) is 0 Å². The van der Waals surface area contributed by atoms with Crippen molar-refractivity contribution in [2.75, 3.05) is 13.1 Å². The average Bonchev–Trinajstić information content (AvgIpc) is 3.24. The number of carbonyl (C=O) groups excluding carboxylic acids is 2. The van der Waals surface area contributed by atoms with Crippen molar-refractivity contribution in [3.8, 4) is 5.75 Å². The van der Waals surface area contributed by atoms with Crippen LogP contribution in [0.1, 0.15) is 40.2 Å². The first-order valence-corrected chi connectivity index (χ1v) is 9.89. The molecule has 9 heteroatoms. The molecule has 2 aliphatic heterocycles. The second kappa shape index (κ2) is 7.04. The molecule has 1 aromatic carbocycles. The van der Waals surface area contributed by atoms with E-state index in [1.165, 1.54) is 12.3 Å². The summed E-state index contributed by atoms with van der Waals surface area (Å²) in [7, 11) is 0. The highest BCUT2D eigenvalue weighted by molar-refractivity contribution is 6.11. The summed E-state index contributed by atoms with van der Waals surface area (Å²) in [6.45, 7) is 2.55. The Labute approximate surface area is 176 Å². The molecule has 0 radical (unpaired) electrons. The number of alkyl halides is 2. The third-order valence-corrected chi connectivity index (χ3v) is 5.90. The number of pyridine rings is 1. The third-order valence-electron chi connectivity index (χ3n) is 5.90. The van der Waals surface area contributed by atoms with E-state index < -0.39 is 12.0 Å². The number of benzene rings is 1. The summed E-state index contributed by atoms with van der Waals surface area (Å²) in [5, 5.41) is 3.33. The van der Waals surface area contributed by atoms with E-state index >= 15 is 0 Å². The molecule has 0 aliphatic carbocycles. The van der Waals surface area contributed by atoms with Gasteiger partial charge in [0.2, 0.25) is 5.91 Å². The summed E-state index contributed by atoms with van der Waals surface area (Å²) in [6, 6.07) is 8.09. The van der Waals surface area contributed by atoms with Crippen molar-refractivity contribution in [2.24, 2.45) is 0 Å². The summed E-state index contributed by atoms with van der Waals surface area (Å²) in [5.74, 6) is 0.467. The quantitative estimate of drug-likeness (QED) is 0.632. The van der Waals surface area contributed by atoms with E-state index in [9.17, 15) is 18.4 Å². The Morgan fingerprint density at radius 2 is 2.23 bits per heavy atom. The molecular formula is C22H19F2N3O4. The number of aryl methyl sites for hydroxylation is 1. The van der Waals surface area contributed by atoms with E-state index in [1.54, 1.807) is 36.1 Å². The first-order chi connectivity index (χ1) is 14.9. The van der Waals surface area contributed by atoms with Crippen molar-refractivity contribution in [3.63, 3.8) is 0 Å². The van der Waals surface area contributed by atoms with Gasteiger partial charge >= 0.3 is 0 Å². The van der Waals surface area contributed by atoms with Crippen molar-refractivity contribution in [3.05, 3.63) is 59.1 Å². The Kier molecular flexibility index (Phi) is 4.42. The molecule has 31 heavy (non-hydrogen) atoms. The minimum absolute atomic E-state index is 0.0887. The van der Waals surface area contributed by atoms with Gasteiger partial charge in [0.1, 0.15) is 34.9 Å². The Bertz CT molecular complexity index is 1210. The number of ether oxygens (including phenoxy) is 1. The van der Waals surface area contributed by atoms with Gasteiger partial charge in [-0.1, -0.05) is 6.07 Å². The highest BCUT2D eigenvalue weighted by Gasteiger charge is 2.63. The van der Waals surface area contributed by atoms with Crippen LogP contribution in [0.2, 0.25) is 0 Å². The summed E-state index contributed by atoms with van der Waals surface area (Å²) < 4.78 is 37.7. The fourth-order valence-electron chi connectivity index (χ4n) is 4.18. The lowest BCUT2D eigenvalue weighted by atomic mass is 10.1. The maximum Gasteiger partial charge on any atom is 0.280 e. The summed E-state index contributed by atoms with van der Waals surface area (Å²) >= 11 is 0.